The standard InChI is InChI=1S/C10H13N3O/c1-7(12)6-14-10-4-2-3-9(13)8(10)5-11/h2-4,7H,6,12-13H2,1H3/t7-/m0/s1. The highest BCUT2D eigenvalue weighted by Gasteiger charge is 2.06. The van der Waals surface area contributed by atoms with Gasteiger partial charge in [0.1, 0.15) is 24.0 Å². The average molecular weight is 191 g/mol. The summed E-state index contributed by atoms with van der Waals surface area (Å²) >= 11 is 0. The van der Waals surface area contributed by atoms with Gasteiger partial charge in [0.25, 0.3) is 0 Å². The molecule has 0 unspecified atom stereocenters. The maximum absolute atomic E-state index is 8.82. The van der Waals surface area contributed by atoms with Crippen LogP contribution in [0, 0.1) is 11.3 Å². The van der Waals surface area contributed by atoms with Crippen LogP contribution in [0.2, 0.25) is 0 Å². The van der Waals surface area contributed by atoms with E-state index in [1.807, 2.05) is 13.0 Å². The third kappa shape index (κ3) is 2.38. The molecule has 1 aromatic carbocycles. The Bertz CT molecular complexity index is 355. The number of rotatable bonds is 3. The summed E-state index contributed by atoms with van der Waals surface area (Å²) < 4.78 is 5.34. The first-order valence-electron chi connectivity index (χ1n) is 4.32. The monoisotopic (exact) mass is 191 g/mol. The largest absolute Gasteiger partial charge is 0.491 e. The van der Waals surface area contributed by atoms with Crippen LogP contribution in [0.1, 0.15) is 12.5 Å². The van der Waals surface area contributed by atoms with Gasteiger partial charge in [0.05, 0.1) is 5.69 Å². The summed E-state index contributed by atoms with van der Waals surface area (Å²) in [6.07, 6.45) is 0. The third-order valence-corrected chi connectivity index (χ3v) is 1.67. The van der Waals surface area contributed by atoms with Crippen molar-refractivity contribution in [1.82, 2.24) is 0 Å². The molecule has 14 heavy (non-hydrogen) atoms. The van der Waals surface area contributed by atoms with Crippen molar-refractivity contribution in [2.45, 2.75) is 13.0 Å². The number of benzene rings is 1. The van der Waals surface area contributed by atoms with Gasteiger partial charge >= 0.3 is 0 Å². The smallest absolute Gasteiger partial charge is 0.139 e. The molecule has 0 fully saturated rings. The number of hydrogen-bond donors (Lipinski definition) is 2. The van der Waals surface area contributed by atoms with Crippen LogP contribution in [0.3, 0.4) is 0 Å². The molecule has 4 N–H and O–H groups in total. The fourth-order valence-corrected chi connectivity index (χ4v) is 1.01. The lowest BCUT2D eigenvalue weighted by Gasteiger charge is -2.10. The topological polar surface area (TPSA) is 85.1 Å². The maximum Gasteiger partial charge on any atom is 0.139 e. The van der Waals surface area contributed by atoms with Gasteiger partial charge in [-0.3, -0.25) is 0 Å². The van der Waals surface area contributed by atoms with Crippen LogP contribution in [0.25, 0.3) is 0 Å². The molecule has 1 atom stereocenters. The zero-order valence-electron chi connectivity index (χ0n) is 8.03. The second kappa shape index (κ2) is 4.49. The van der Waals surface area contributed by atoms with Crippen molar-refractivity contribution in [1.29, 1.82) is 5.26 Å². The lowest BCUT2D eigenvalue weighted by Crippen LogP contribution is -2.23. The zero-order chi connectivity index (χ0) is 10.6. The SMILES string of the molecule is C[C@H](N)COc1cccc(N)c1C#N. The molecule has 0 spiro atoms. The molecular weight excluding hydrogens is 178 g/mol. The van der Waals surface area contributed by atoms with Crippen molar-refractivity contribution in [3.05, 3.63) is 23.8 Å². The van der Waals surface area contributed by atoms with E-state index in [9.17, 15) is 0 Å². The van der Waals surface area contributed by atoms with Crippen molar-refractivity contribution in [3.63, 3.8) is 0 Å². The third-order valence-electron chi connectivity index (χ3n) is 1.67. The Labute approximate surface area is 83.1 Å². The van der Waals surface area contributed by atoms with Gasteiger partial charge in [-0.15, -0.1) is 0 Å². The van der Waals surface area contributed by atoms with Crippen molar-refractivity contribution < 1.29 is 4.74 Å². The van der Waals surface area contributed by atoms with Crippen LogP contribution in [0.15, 0.2) is 18.2 Å². The number of nitrogens with zero attached hydrogens (tertiary/aromatic N) is 1. The molecule has 4 heteroatoms. The molecule has 74 valence electrons. The molecule has 0 saturated carbocycles. The van der Waals surface area contributed by atoms with Crippen LogP contribution in [-0.4, -0.2) is 12.6 Å². The molecular formula is C10H13N3O. The van der Waals surface area contributed by atoms with Gasteiger partial charge in [0.2, 0.25) is 0 Å². The van der Waals surface area contributed by atoms with Crippen molar-refractivity contribution in [2.75, 3.05) is 12.3 Å². The number of anilines is 1. The minimum absolute atomic E-state index is 0.0667. The van der Waals surface area contributed by atoms with Crippen LogP contribution in [-0.2, 0) is 0 Å². The highest BCUT2D eigenvalue weighted by Crippen LogP contribution is 2.22. The molecule has 1 rings (SSSR count). The molecule has 0 saturated heterocycles. The zero-order valence-corrected chi connectivity index (χ0v) is 8.03. The second-order valence-electron chi connectivity index (χ2n) is 3.12. The molecule has 0 bridgehead atoms. The molecule has 0 heterocycles. The van der Waals surface area contributed by atoms with Crippen LogP contribution < -0.4 is 16.2 Å². The highest BCUT2D eigenvalue weighted by atomic mass is 16.5. The van der Waals surface area contributed by atoms with E-state index in [0.29, 0.717) is 23.6 Å². The first-order valence-corrected chi connectivity index (χ1v) is 4.32. The summed E-state index contributed by atoms with van der Waals surface area (Å²) in [5.74, 6) is 0.491. The van der Waals surface area contributed by atoms with Gasteiger partial charge in [0.15, 0.2) is 0 Å². The Morgan fingerprint density at radius 2 is 2.29 bits per heavy atom. The minimum Gasteiger partial charge on any atom is -0.491 e. The van der Waals surface area contributed by atoms with Gasteiger partial charge < -0.3 is 16.2 Å². The number of nitrogens with two attached hydrogens (primary N) is 2. The summed E-state index contributed by atoms with van der Waals surface area (Å²) in [7, 11) is 0. The molecule has 1 aromatic rings. The quantitative estimate of drug-likeness (QED) is 0.694. The fraction of sp³-hybridized carbons (Fsp3) is 0.300. The van der Waals surface area contributed by atoms with Crippen LogP contribution in [0.5, 0.6) is 5.75 Å². The average Bonchev–Trinajstić information content (AvgIpc) is 2.14. The molecule has 4 nitrogen and oxygen atoms in total. The number of hydrogen-bond acceptors (Lipinski definition) is 4. The van der Waals surface area contributed by atoms with E-state index in [0.717, 1.165) is 0 Å². The molecule has 0 aromatic heterocycles. The van der Waals surface area contributed by atoms with Crippen molar-refractivity contribution in [2.24, 2.45) is 5.73 Å². The summed E-state index contributed by atoms with van der Waals surface area (Å²) in [4.78, 5) is 0. The second-order valence-corrected chi connectivity index (χ2v) is 3.12. The maximum atomic E-state index is 8.82. The number of nitriles is 1. The minimum atomic E-state index is -0.0667. The first kappa shape index (κ1) is 10.4. The van der Waals surface area contributed by atoms with E-state index in [1.165, 1.54) is 0 Å². The van der Waals surface area contributed by atoms with E-state index >= 15 is 0 Å². The van der Waals surface area contributed by atoms with Crippen LogP contribution in [0.4, 0.5) is 5.69 Å². The first-order chi connectivity index (χ1) is 6.65. The van der Waals surface area contributed by atoms with E-state index in [1.54, 1.807) is 18.2 Å². The predicted octanol–water partition coefficient (Wildman–Crippen LogP) is 0.866. The Morgan fingerprint density at radius 3 is 2.86 bits per heavy atom. The number of nitrogen functional groups attached to an aromatic ring is 1. The highest BCUT2D eigenvalue weighted by molar-refractivity contribution is 5.60. The summed E-state index contributed by atoms with van der Waals surface area (Å²) in [5, 5.41) is 8.82. The predicted molar refractivity (Wildman–Crippen MR) is 54.7 cm³/mol. The molecule has 0 amide bonds. The normalized spacial score (nSPS) is 11.8. The Hall–Kier alpha value is -1.73. The van der Waals surface area contributed by atoms with Gasteiger partial charge in [-0.2, -0.15) is 5.26 Å². The lowest BCUT2D eigenvalue weighted by atomic mass is 10.2. The van der Waals surface area contributed by atoms with Crippen molar-refractivity contribution >= 4 is 5.69 Å². The summed E-state index contributed by atoms with van der Waals surface area (Å²) in [5.41, 5.74) is 11.9. The van der Waals surface area contributed by atoms with E-state index < -0.39 is 0 Å². The molecule has 0 aliphatic rings. The number of ether oxygens (including phenoxy) is 1. The van der Waals surface area contributed by atoms with Crippen LogP contribution >= 0.6 is 0 Å². The Balaban J connectivity index is 2.87. The van der Waals surface area contributed by atoms with Crippen molar-refractivity contribution in [3.8, 4) is 11.8 Å². The van der Waals surface area contributed by atoms with Gasteiger partial charge in [-0.05, 0) is 19.1 Å². The molecule has 0 aliphatic heterocycles. The summed E-state index contributed by atoms with van der Waals surface area (Å²) in [6.45, 7) is 2.20. The molecule has 0 radical (unpaired) electrons. The Kier molecular flexibility index (Phi) is 3.32. The lowest BCUT2D eigenvalue weighted by molar-refractivity contribution is 0.295. The summed E-state index contributed by atoms with van der Waals surface area (Å²) in [6, 6.07) is 7.04. The van der Waals surface area contributed by atoms with Gasteiger partial charge in [-0.1, -0.05) is 6.07 Å². The van der Waals surface area contributed by atoms with E-state index in [-0.39, 0.29) is 6.04 Å². The van der Waals surface area contributed by atoms with Gasteiger partial charge in [-0.25, -0.2) is 0 Å². The van der Waals surface area contributed by atoms with Gasteiger partial charge in [0, 0.05) is 6.04 Å². The van der Waals surface area contributed by atoms with E-state index in [2.05, 4.69) is 0 Å². The van der Waals surface area contributed by atoms with E-state index in [4.69, 9.17) is 21.5 Å². The fourth-order valence-electron chi connectivity index (χ4n) is 1.01. The Morgan fingerprint density at radius 1 is 1.57 bits per heavy atom. The molecule has 0 aliphatic carbocycles.